The standard InChI is InChI=1S/C22H25N5O5/c1-29-17-3-2-16(26-6-10-30-11-7-26)20-19(17)24-22(32-20)25-21(28)15-4-5-23-18(14-15)27-8-12-31-13-9-27/h2-5,14H,6-13H2,1H3,(H,24,25,28). The molecule has 0 bridgehead atoms. The topological polar surface area (TPSA) is 102 Å². The van der Waals surface area contributed by atoms with Crippen LogP contribution in [-0.4, -0.2) is 75.6 Å². The summed E-state index contributed by atoms with van der Waals surface area (Å²) in [6.07, 6.45) is 1.63. The van der Waals surface area contributed by atoms with E-state index in [2.05, 4.69) is 25.1 Å². The maximum absolute atomic E-state index is 12.9. The Labute approximate surface area is 185 Å². The van der Waals surface area contributed by atoms with Crippen molar-refractivity contribution >= 4 is 34.5 Å². The average molecular weight is 439 g/mol. The van der Waals surface area contributed by atoms with Crippen molar-refractivity contribution in [3.05, 3.63) is 36.0 Å². The molecule has 2 saturated heterocycles. The number of pyridine rings is 1. The zero-order valence-corrected chi connectivity index (χ0v) is 17.9. The van der Waals surface area contributed by atoms with Crippen LogP contribution >= 0.6 is 0 Å². The second-order valence-electron chi connectivity index (χ2n) is 7.54. The van der Waals surface area contributed by atoms with Gasteiger partial charge in [-0.05, 0) is 24.3 Å². The summed E-state index contributed by atoms with van der Waals surface area (Å²) >= 11 is 0. The van der Waals surface area contributed by atoms with Gasteiger partial charge in [0.1, 0.15) is 11.6 Å². The van der Waals surface area contributed by atoms with Crippen molar-refractivity contribution in [1.29, 1.82) is 0 Å². The number of carbonyl (C=O) groups is 1. The number of rotatable bonds is 5. The minimum Gasteiger partial charge on any atom is -0.494 e. The lowest BCUT2D eigenvalue weighted by Gasteiger charge is -2.28. The van der Waals surface area contributed by atoms with Gasteiger partial charge >= 0.3 is 6.01 Å². The minimum atomic E-state index is -0.319. The highest BCUT2D eigenvalue weighted by Gasteiger charge is 2.22. The van der Waals surface area contributed by atoms with Gasteiger partial charge in [-0.15, -0.1) is 0 Å². The molecule has 1 N–H and O–H groups in total. The van der Waals surface area contributed by atoms with Crippen molar-refractivity contribution in [1.82, 2.24) is 9.97 Å². The van der Waals surface area contributed by atoms with Gasteiger partial charge in [0.25, 0.3) is 5.91 Å². The van der Waals surface area contributed by atoms with Gasteiger partial charge in [0, 0.05) is 37.9 Å². The van der Waals surface area contributed by atoms with E-state index >= 15 is 0 Å². The van der Waals surface area contributed by atoms with Crippen LogP contribution in [0.4, 0.5) is 17.5 Å². The molecule has 0 atom stereocenters. The molecule has 2 fully saturated rings. The summed E-state index contributed by atoms with van der Waals surface area (Å²) in [4.78, 5) is 26.1. The summed E-state index contributed by atoms with van der Waals surface area (Å²) in [5.41, 5.74) is 2.51. The number of anilines is 3. The largest absolute Gasteiger partial charge is 0.494 e. The number of nitrogens with one attached hydrogen (secondary N) is 1. The summed E-state index contributed by atoms with van der Waals surface area (Å²) in [7, 11) is 1.58. The molecule has 3 aromatic rings. The Morgan fingerprint density at radius 2 is 1.75 bits per heavy atom. The number of oxazole rings is 1. The van der Waals surface area contributed by atoms with Crippen LogP contribution in [0, 0.1) is 0 Å². The summed E-state index contributed by atoms with van der Waals surface area (Å²) in [5, 5.41) is 2.77. The minimum absolute atomic E-state index is 0.119. The molecule has 0 unspecified atom stereocenters. The molecule has 10 nitrogen and oxygen atoms in total. The molecular weight excluding hydrogens is 414 g/mol. The van der Waals surface area contributed by atoms with Crippen LogP contribution < -0.4 is 19.9 Å². The second-order valence-corrected chi connectivity index (χ2v) is 7.54. The number of methoxy groups -OCH3 is 1. The molecule has 0 spiro atoms. The van der Waals surface area contributed by atoms with E-state index in [0.717, 1.165) is 37.7 Å². The van der Waals surface area contributed by atoms with Crippen LogP contribution in [0.5, 0.6) is 5.75 Å². The van der Waals surface area contributed by atoms with Gasteiger partial charge in [-0.1, -0.05) is 0 Å². The van der Waals surface area contributed by atoms with E-state index in [1.54, 1.807) is 25.4 Å². The van der Waals surface area contributed by atoms with Crippen LogP contribution in [0.25, 0.3) is 11.1 Å². The fraction of sp³-hybridized carbons (Fsp3) is 0.409. The Morgan fingerprint density at radius 3 is 2.47 bits per heavy atom. The van der Waals surface area contributed by atoms with Gasteiger partial charge in [0.15, 0.2) is 11.1 Å². The van der Waals surface area contributed by atoms with Crippen molar-refractivity contribution in [2.24, 2.45) is 0 Å². The monoisotopic (exact) mass is 439 g/mol. The number of hydrogen-bond donors (Lipinski definition) is 1. The number of benzene rings is 1. The molecule has 0 aliphatic carbocycles. The van der Waals surface area contributed by atoms with Gasteiger partial charge in [-0.3, -0.25) is 10.1 Å². The number of amides is 1. The Hall–Kier alpha value is -3.37. The van der Waals surface area contributed by atoms with Crippen LogP contribution in [-0.2, 0) is 9.47 Å². The van der Waals surface area contributed by atoms with Gasteiger partial charge in [0.05, 0.1) is 39.2 Å². The molecule has 2 aliphatic rings. The molecule has 4 heterocycles. The highest BCUT2D eigenvalue weighted by atomic mass is 16.5. The number of carbonyl (C=O) groups excluding carboxylic acids is 1. The fourth-order valence-corrected chi connectivity index (χ4v) is 3.94. The van der Waals surface area contributed by atoms with Crippen molar-refractivity contribution < 1.29 is 23.4 Å². The van der Waals surface area contributed by atoms with Crippen molar-refractivity contribution in [2.45, 2.75) is 0 Å². The summed E-state index contributed by atoms with van der Waals surface area (Å²) in [6, 6.07) is 7.36. The zero-order valence-electron chi connectivity index (χ0n) is 17.9. The smallest absolute Gasteiger partial charge is 0.302 e. The van der Waals surface area contributed by atoms with E-state index in [1.165, 1.54) is 0 Å². The van der Waals surface area contributed by atoms with E-state index < -0.39 is 0 Å². The van der Waals surface area contributed by atoms with Crippen LogP contribution in [0.3, 0.4) is 0 Å². The molecule has 1 aromatic carbocycles. The number of aromatic nitrogens is 2. The highest BCUT2D eigenvalue weighted by Crippen LogP contribution is 2.36. The molecule has 0 saturated carbocycles. The maximum Gasteiger partial charge on any atom is 0.302 e. The van der Waals surface area contributed by atoms with Crippen molar-refractivity contribution in [2.75, 3.05) is 74.8 Å². The average Bonchev–Trinajstić information content (AvgIpc) is 3.28. The van der Waals surface area contributed by atoms with Gasteiger partial charge in [-0.25, -0.2) is 4.98 Å². The first-order valence-corrected chi connectivity index (χ1v) is 10.6. The molecule has 5 rings (SSSR count). The van der Waals surface area contributed by atoms with Crippen molar-refractivity contribution in [3.63, 3.8) is 0 Å². The first kappa shape index (κ1) is 20.5. The zero-order chi connectivity index (χ0) is 21.9. The lowest BCUT2D eigenvalue weighted by atomic mass is 10.2. The Morgan fingerprint density at radius 1 is 1.03 bits per heavy atom. The summed E-state index contributed by atoms with van der Waals surface area (Å²) < 4.78 is 22.3. The first-order valence-electron chi connectivity index (χ1n) is 10.6. The second kappa shape index (κ2) is 9.01. The Kier molecular flexibility index (Phi) is 5.78. The molecule has 10 heteroatoms. The van der Waals surface area contributed by atoms with Gasteiger partial charge < -0.3 is 28.4 Å². The molecule has 2 aromatic heterocycles. The summed E-state index contributed by atoms with van der Waals surface area (Å²) in [5.74, 6) is 1.01. The molecule has 0 radical (unpaired) electrons. The van der Waals surface area contributed by atoms with Crippen LogP contribution in [0.1, 0.15) is 10.4 Å². The Bertz CT molecular complexity index is 1110. The third kappa shape index (κ3) is 4.06. The van der Waals surface area contributed by atoms with Crippen molar-refractivity contribution in [3.8, 4) is 5.75 Å². The predicted molar refractivity (Wildman–Crippen MR) is 119 cm³/mol. The molecule has 2 aliphatic heterocycles. The number of fused-ring (bicyclic) bond motifs is 1. The molecule has 1 amide bonds. The van der Waals surface area contributed by atoms with E-state index in [1.807, 2.05) is 12.1 Å². The third-order valence-electron chi connectivity index (χ3n) is 5.62. The third-order valence-corrected chi connectivity index (χ3v) is 5.62. The van der Waals surface area contributed by atoms with E-state index in [-0.39, 0.29) is 11.9 Å². The van der Waals surface area contributed by atoms with Crippen LogP contribution in [0.15, 0.2) is 34.9 Å². The molecule has 32 heavy (non-hydrogen) atoms. The number of morpholine rings is 2. The lowest BCUT2D eigenvalue weighted by Crippen LogP contribution is -2.36. The van der Waals surface area contributed by atoms with E-state index in [0.29, 0.717) is 48.8 Å². The quantitative estimate of drug-likeness (QED) is 0.641. The van der Waals surface area contributed by atoms with Crippen LogP contribution in [0.2, 0.25) is 0 Å². The number of hydrogen-bond acceptors (Lipinski definition) is 9. The first-order chi connectivity index (χ1) is 15.7. The molecular formula is C22H25N5O5. The normalized spacial score (nSPS) is 16.9. The highest BCUT2D eigenvalue weighted by molar-refractivity contribution is 6.04. The van der Waals surface area contributed by atoms with E-state index in [9.17, 15) is 4.79 Å². The Balaban J connectivity index is 1.41. The van der Waals surface area contributed by atoms with E-state index in [4.69, 9.17) is 18.6 Å². The number of ether oxygens (including phenoxy) is 3. The maximum atomic E-state index is 12.9. The molecule has 168 valence electrons. The van der Waals surface area contributed by atoms with Gasteiger partial charge in [0.2, 0.25) is 0 Å². The predicted octanol–water partition coefficient (Wildman–Crippen LogP) is 2.16. The van der Waals surface area contributed by atoms with Gasteiger partial charge in [-0.2, -0.15) is 4.98 Å². The summed E-state index contributed by atoms with van der Waals surface area (Å²) in [6.45, 7) is 5.59. The fourth-order valence-electron chi connectivity index (χ4n) is 3.94. The SMILES string of the molecule is COc1ccc(N2CCOCC2)c2oc(NC(=O)c3ccnc(N4CCOCC4)c3)nc12. The lowest BCUT2D eigenvalue weighted by molar-refractivity contribution is 0.102. The number of nitrogens with zero attached hydrogens (tertiary/aromatic N) is 4.